The number of rotatable bonds is 5. The van der Waals surface area contributed by atoms with E-state index >= 15 is 0 Å². The molecule has 0 bridgehead atoms. The predicted octanol–water partition coefficient (Wildman–Crippen LogP) is 0.599. The number of urea groups is 1. The molecule has 0 spiro atoms. The summed E-state index contributed by atoms with van der Waals surface area (Å²) in [5.41, 5.74) is 0. The Hall–Kier alpha value is -0.770. The lowest BCUT2D eigenvalue weighted by Crippen LogP contribution is -2.36. The van der Waals surface area contributed by atoms with Crippen LogP contribution in [0.2, 0.25) is 0 Å². The van der Waals surface area contributed by atoms with Gasteiger partial charge in [-0.3, -0.25) is 0 Å². The minimum Gasteiger partial charge on any atom is -0.326 e. The van der Waals surface area contributed by atoms with Crippen LogP contribution in [0.5, 0.6) is 0 Å². The van der Waals surface area contributed by atoms with Crippen LogP contribution >= 0.6 is 0 Å². The number of amides is 2. The Morgan fingerprint density at radius 2 is 2.21 bits per heavy atom. The van der Waals surface area contributed by atoms with Crippen molar-refractivity contribution in [2.75, 3.05) is 39.8 Å². The monoisotopic (exact) mass is 199 g/mol. The lowest BCUT2D eigenvalue weighted by atomic mass is 10.1. The molecule has 0 aliphatic carbocycles. The molecule has 0 radical (unpaired) electrons. The maximum atomic E-state index is 11.5. The molecular formula is C10H21N3O. The highest BCUT2D eigenvalue weighted by Gasteiger charge is 2.25. The van der Waals surface area contributed by atoms with Crippen LogP contribution < -0.4 is 5.32 Å². The van der Waals surface area contributed by atoms with Gasteiger partial charge in [0.05, 0.1) is 0 Å². The molecule has 1 rings (SSSR count). The molecule has 4 nitrogen and oxygen atoms in total. The third kappa shape index (κ3) is 2.87. The molecule has 0 aromatic rings. The zero-order valence-corrected chi connectivity index (χ0v) is 9.42. The van der Waals surface area contributed by atoms with Crippen molar-refractivity contribution in [2.45, 2.75) is 13.8 Å². The second-order valence-electron chi connectivity index (χ2n) is 4.06. The van der Waals surface area contributed by atoms with Gasteiger partial charge in [0.1, 0.15) is 0 Å². The number of nitrogens with one attached hydrogen (secondary N) is 1. The van der Waals surface area contributed by atoms with E-state index in [0.717, 1.165) is 32.7 Å². The number of nitrogens with zero attached hydrogens (tertiary/aromatic N) is 2. The first-order valence-corrected chi connectivity index (χ1v) is 5.36. The Labute approximate surface area is 86.2 Å². The molecule has 1 aliphatic rings. The van der Waals surface area contributed by atoms with E-state index < -0.39 is 0 Å². The maximum absolute atomic E-state index is 11.5. The second-order valence-corrected chi connectivity index (χ2v) is 4.06. The first kappa shape index (κ1) is 11.3. The molecule has 2 amide bonds. The minimum atomic E-state index is 0.174. The molecule has 82 valence electrons. The van der Waals surface area contributed by atoms with Crippen molar-refractivity contribution in [3.05, 3.63) is 0 Å². The summed E-state index contributed by atoms with van der Waals surface area (Å²) in [6, 6.07) is 0.174. The van der Waals surface area contributed by atoms with Crippen LogP contribution in [0.4, 0.5) is 4.79 Å². The molecule has 0 aromatic heterocycles. The van der Waals surface area contributed by atoms with E-state index in [-0.39, 0.29) is 6.03 Å². The van der Waals surface area contributed by atoms with E-state index in [2.05, 4.69) is 19.2 Å². The van der Waals surface area contributed by atoms with Gasteiger partial charge in [0, 0.05) is 26.7 Å². The summed E-state index contributed by atoms with van der Waals surface area (Å²) in [7, 11) is 1.86. The molecule has 1 aliphatic heterocycles. The van der Waals surface area contributed by atoms with E-state index in [1.54, 1.807) is 4.90 Å². The number of hydrogen-bond donors (Lipinski definition) is 1. The summed E-state index contributed by atoms with van der Waals surface area (Å²) in [6.07, 6.45) is 0. The van der Waals surface area contributed by atoms with E-state index in [9.17, 15) is 4.79 Å². The fourth-order valence-corrected chi connectivity index (χ4v) is 1.70. The Morgan fingerprint density at radius 3 is 2.71 bits per heavy atom. The SMILES string of the molecule is CCNCC(C)CN1CCN(C)C1=O. The van der Waals surface area contributed by atoms with Gasteiger partial charge in [-0.05, 0) is 19.0 Å². The topological polar surface area (TPSA) is 35.6 Å². The van der Waals surface area contributed by atoms with Crippen molar-refractivity contribution in [1.82, 2.24) is 15.1 Å². The Kier molecular flexibility index (Phi) is 4.20. The van der Waals surface area contributed by atoms with Gasteiger partial charge in [0.15, 0.2) is 0 Å². The van der Waals surface area contributed by atoms with Crippen LogP contribution in [0, 0.1) is 5.92 Å². The van der Waals surface area contributed by atoms with Crippen molar-refractivity contribution in [3.8, 4) is 0 Å². The number of likely N-dealkylation sites (N-methyl/N-ethyl adjacent to an activating group) is 1. The Morgan fingerprint density at radius 1 is 1.50 bits per heavy atom. The smallest absolute Gasteiger partial charge is 0.319 e. The van der Waals surface area contributed by atoms with E-state index in [1.807, 2.05) is 11.9 Å². The van der Waals surface area contributed by atoms with Gasteiger partial charge in [-0.15, -0.1) is 0 Å². The molecule has 1 heterocycles. The molecule has 4 heteroatoms. The second kappa shape index (κ2) is 5.20. The van der Waals surface area contributed by atoms with Crippen molar-refractivity contribution in [1.29, 1.82) is 0 Å². The van der Waals surface area contributed by atoms with Gasteiger partial charge in [-0.2, -0.15) is 0 Å². The van der Waals surface area contributed by atoms with Crippen LogP contribution in [-0.2, 0) is 0 Å². The van der Waals surface area contributed by atoms with Crippen molar-refractivity contribution in [3.63, 3.8) is 0 Å². The predicted molar refractivity (Wildman–Crippen MR) is 57.3 cm³/mol. The lowest BCUT2D eigenvalue weighted by Gasteiger charge is -2.20. The fourth-order valence-electron chi connectivity index (χ4n) is 1.70. The van der Waals surface area contributed by atoms with Gasteiger partial charge in [-0.25, -0.2) is 4.79 Å². The first-order chi connectivity index (χ1) is 6.65. The third-order valence-corrected chi connectivity index (χ3v) is 2.58. The highest BCUT2D eigenvalue weighted by Crippen LogP contribution is 2.08. The number of carbonyl (C=O) groups is 1. The van der Waals surface area contributed by atoms with Crippen LogP contribution in [0.15, 0.2) is 0 Å². The van der Waals surface area contributed by atoms with Crippen LogP contribution in [0.1, 0.15) is 13.8 Å². The number of hydrogen-bond acceptors (Lipinski definition) is 2. The minimum absolute atomic E-state index is 0.174. The average Bonchev–Trinajstić information content (AvgIpc) is 2.46. The normalized spacial score (nSPS) is 19.2. The van der Waals surface area contributed by atoms with Gasteiger partial charge >= 0.3 is 6.03 Å². The molecule has 1 atom stereocenters. The van der Waals surface area contributed by atoms with Crippen molar-refractivity contribution < 1.29 is 4.79 Å². The molecular weight excluding hydrogens is 178 g/mol. The molecule has 0 aromatic carbocycles. The van der Waals surface area contributed by atoms with Crippen LogP contribution in [0.3, 0.4) is 0 Å². The fraction of sp³-hybridized carbons (Fsp3) is 0.900. The Bertz CT molecular complexity index is 196. The summed E-state index contributed by atoms with van der Waals surface area (Å²) < 4.78 is 0. The summed E-state index contributed by atoms with van der Waals surface area (Å²) in [4.78, 5) is 15.3. The summed E-state index contributed by atoms with van der Waals surface area (Å²) in [5.74, 6) is 0.533. The highest BCUT2D eigenvalue weighted by molar-refractivity contribution is 5.76. The van der Waals surface area contributed by atoms with Gasteiger partial charge < -0.3 is 15.1 Å². The lowest BCUT2D eigenvalue weighted by molar-refractivity contribution is 0.192. The molecule has 14 heavy (non-hydrogen) atoms. The summed E-state index contributed by atoms with van der Waals surface area (Å²) in [6.45, 7) is 8.88. The maximum Gasteiger partial charge on any atom is 0.319 e. The van der Waals surface area contributed by atoms with Gasteiger partial charge in [-0.1, -0.05) is 13.8 Å². The van der Waals surface area contributed by atoms with Crippen LogP contribution in [0.25, 0.3) is 0 Å². The Balaban J connectivity index is 2.26. The third-order valence-electron chi connectivity index (χ3n) is 2.58. The molecule has 1 fully saturated rings. The standard InChI is InChI=1S/C10H21N3O/c1-4-11-7-9(2)8-13-6-5-12(3)10(13)14/h9,11H,4-8H2,1-3H3. The van der Waals surface area contributed by atoms with Crippen LogP contribution in [-0.4, -0.2) is 55.6 Å². The van der Waals surface area contributed by atoms with E-state index in [0.29, 0.717) is 5.92 Å². The van der Waals surface area contributed by atoms with Crippen molar-refractivity contribution in [2.24, 2.45) is 5.92 Å². The van der Waals surface area contributed by atoms with Gasteiger partial charge in [0.25, 0.3) is 0 Å². The van der Waals surface area contributed by atoms with Crippen molar-refractivity contribution >= 4 is 6.03 Å². The highest BCUT2D eigenvalue weighted by atomic mass is 16.2. The van der Waals surface area contributed by atoms with E-state index in [1.165, 1.54) is 0 Å². The number of carbonyl (C=O) groups excluding carboxylic acids is 1. The molecule has 1 saturated heterocycles. The quantitative estimate of drug-likeness (QED) is 0.704. The zero-order valence-electron chi connectivity index (χ0n) is 9.42. The summed E-state index contributed by atoms with van der Waals surface area (Å²) in [5, 5.41) is 3.30. The molecule has 0 saturated carbocycles. The summed E-state index contributed by atoms with van der Waals surface area (Å²) >= 11 is 0. The first-order valence-electron chi connectivity index (χ1n) is 5.36. The molecule has 1 unspecified atom stereocenters. The largest absolute Gasteiger partial charge is 0.326 e. The van der Waals surface area contributed by atoms with E-state index in [4.69, 9.17) is 0 Å². The molecule has 1 N–H and O–H groups in total. The average molecular weight is 199 g/mol. The zero-order chi connectivity index (χ0) is 10.6. The van der Waals surface area contributed by atoms with Gasteiger partial charge in [0.2, 0.25) is 0 Å².